The molecule has 0 aliphatic rings. The topological polar surface area (TPSA) is 49.3 Å². The molecule has 1 amide bonds. The van der Waals surface area contributed by atoms with E-state index in [9.17, 15) is 9.90 Å². The van der Waals surface area contributed by atoms with Gasteiger partial charge >= 0.3 is 0 Å². The van der Waals surface area contributed by atoms with Gasteiger partial charge in [0.25, 0.3) is 5.91 Å². The summed E-state index contributed by atoms with van der Waals surface area (Å²) in [6.07, 6.45) is 0. The lowest BCUT2D eigenvalue weighted by Gasteiger charge is -2.08. The third-order valence-corrected chi connectivity index (χ3v) is 3.19. The molecule has 2 N–H and O–H groups in total. The first-order valence-electron chi connectivity index (χ1n) is 5.58. The smallest absolute Gasteiger partial charge is 0.253 e. The standard InChI is InChI=1S/C14H11Cl2NO2/c15-11-7-13(18)12(16)6-10(11)14(19)17-8-9-4-2-1-3-5-9/h1-7,18H,8H2,(H,17,19). The van der Waals surface area contributed by atoms with Gasteiger partial charge in [-0.05, 0) is 11.6 Å². The van der Waals surface area contributed by atoms with E-state index in [0.717, 1.165) is 5.56 Å². The fraction of sp³-hybridized carbons (Fsp3) is 0.0714. The van der Waals surface area contributed by atoms with Crippen LogP contribution in [0.4, 0.5) is 0 Å². The third kappa shape index (κ3) is 3.40. The van der Waals surface area contributed by atoms with Gasteiger partial charge in [0.15, 0.2) is 0 Å². The van der Waals surface area contributed by atoms with Gasteiger partial charge in [0.2, 0.25) is 0 Å². The van der Waals surface area contributed by atoms with Gasteiger partial charge in [-0.2, -0.15) is 0 Å². The molecule has 2 aromatic rings. The van der Waals surface area contributed by atoms with Crippen LogP contribution in [-0.2, 0) is 6.54 Å². The van der Waals surface area contributed by atoms with E-state index in [2.05, 4.69) is 5.32 Å². The molecule has 0 bridgehead atoms. The minimum Gasteiger partial charge on any atom is -0.506 e. The number of amides is 1. The van der Waals surface area contributed by atoms with Crippen LogP contribution in [0.2, 0.25) is 10.0 Å². The summed E-state index contributed by atoms with van der Waals surface area (Å²) in [6.45, 7) is 0.397. The average Bonchev–Trinajstić information content (AvgIpc) is 2.41. The van der Waals surface area contributed by atoms with E-state index in [1.807, 2.05) is 30.3 Å². The molecule has 0 saturated carbocycles. The van der Waals surface area contributed by atoms with Crippen LogP contribution < -0.4 is 5.32 Å². The number of nitrogens with one attached hydrogen (secondary N) is 1. The number of carbonyl (C=O) groups is 1. The molecule has 0 fully saturated rings. The van der Waals surface area contributed by atoms with Crippen LogP contribution in [-0.4, -0.2) is 11.0 Å². The maximum absolute atomic E-state index is 12.0. The van der Waals surface area contributed by atoms with Gasteiger partial charge in [-0.15, -0.1) is 0 Å². The Balaban J connectivity index is 2.10. The van der Waals surface area contributed by atoms with Crippen molar-refractivity contribution in [2.45, 2.75) is 6.54 Å². The predicted octanol–water partition coefficient (Wildman–Crippen LogP) is 3.63. The molecular formula is C14H11Cl2NO2. The number of hydrogen-bond donors (Lipinski definition) is 2. The van der Waals surface area contributed by atoms with Gasteiger partial charge in [-0.3, -0.25) is 4.79 Å². The Kier molecular flexibility index (Phi) is 4.30. The highest BCUT2D eigenvalue weighted by Gasteiger charge is 2.13. The van der Waals surface area contributed by atoms with Crippen LogP contribution in [0.5, 0.6) is 5.75 Å². The van der Waals surface area contributed by atoms with Crippen molar-refractivity contribution in [3.8, 4) is 5.75 Å². The summed E-state index contributed by atoms with van der Waals surface area (Å²) in [6, 6.07) is 12.1. The van der Waals surface area contributed by atoms with E-state index in [1.54, 1.807) is 0 Å². The number of benzene rings is 2. The molecule has 98 valence electrons. The van der Waals surface area contributed by atoms with Gasteiger partial charge in [-0.1, -0.05) is 53.5 Å². The largest absolute Gasteiger partial charge is 0.506 e. The summed E-state index contributed by atoms with van der Waals surface area (Å²) in [5, 5.41) is 12.4. The molecule has 5 heteroatoms. The first kappa shape index (κ1) is 13.7. The van der Waals surface area contributed by atoms with Crippen molar-refractivity contribution in [3.05, 3.63) is 63.6 Å². The molecular weight excluding hydrogens is 285 g/mol. The lowest BCUT2D eigenvalue weighted by atomic mass is 10.2. The predicted molar refractivity (Wildman–Crippen MR) is 75.7 cm³/mol. The number of halogens is 2. The second-order valence-electron chi connectivity index (χ2n) is 3.95. The van der Waals surface area contributed by atoms with Gasteiger partial charge in [-0.25, -0.2) is 0 Å². The quantitative estimate of drug-likeness (QED) is 0.908. The zero-order valence-electron chi connectivity index (χ0n) is 9.86. The molecule has 3 nitrogen and oxygen atoms in total. The van der Waals surface area contributed by atoms with Crippen molar-refractivity contribution in [1.29, 1.82) is 0 Å². The van der Waals surface area contributed by atoms with Crippen LogP contribution in [0.15, 0.2) is 42.5 Å². The number of carbonyl (C=O) groups excluding carboxylic acids is 1. The number of hydrogen-bond acceptors (Lipinski definition) is 2. The molecule has 0 radical (unpaired) electrons. The van der Waals surface area contributed by atoms with E-state index in [1.165, 1.54) is 12.1 Å². The van der Waals surface area contributed by atoms with Crippen LogP contribution in [0.1, 0.15) is 15.9 Å². The third-order valence-electron chi connectivity index (χ3n) is 2.58. The Hall–Kier alpha value is -1.71. The molecule has 0 aliphatic carbocycles. The first-order chi connectivity index (χ1) is 9.08. The maximum atomic E-state index is 12.0. The number of rotatable bonds is 3. The Morgan fingerprint density at radius 2 is 1.79 bits per heavy atom. The highest BCUT2D eigenvalue weighted by molar-refractivity contribution is 6.36. The van der Waals surface area contributed by atoms with E-state index in [4.69, 9.17) is 23.2 Å². The highest BCUT2D eigenvalue weighted by atomic mass is 35.5. The minimum atomic E-state index is -0.337. The van der Waals surface area contributed by atoms with Crippen molar-refractivity contribution in [3.63, 3.8) is 0 Å². The van der Waals surface area contributed by atoms with Crippen LogP contribution in [0, 0.1) is 0 Å². The average molecular weight is 296 g/mol. The van der Waals surface area contributed by atoms with Crippen molar-refractivity contribution < 1.29 is 9.90 Å². The molecule has 0 saturated heterocycles. The van der Waals surface area contributed by atoms with E-state index in [0.29, 0.717) is 6.54 Å². The highest BCUT2D eigenvalue weighted by Crippen LogP contribution is 2.29. The maximum Gasteiger partial charge on any atom is 0.253 e. The molecule has 0 atom stereocenters. The van der Waals surface area contributed by atoms with Gasteiger partial charge < -0.3 is 10.4 Å². The van der Waals surface area contributed by atoms with Crippen molar-refractivity contribution in [2.24, 2.45) is 0 Å². The van der Waals surface area contributed by atoms with Gasteiger partial charge in [0.05, 0.1) is 15.6 Å². The summed E-state index contributed by atoms with van der Waals surface area (Å²) < 4.78 is 0. The second kappa shape index (κ2) is 5.95. The summed E-state index contributed by atoms with van der Waals surface area (Å²) in [5.74, 6) is -0.484. The fourth-order valence-electron chi connectivity index (χ4n) is 1.58. The van der Waals surface area contributed by atoms with Crippen molar-refractivity contribution in [1.82, 2.24) is 5.32 Å². The summed E-state index contributed by atoms with van der Waals surface area (Å²) >= 11 is 11.7. The molecule has 2 rings (SSSR count). The summed E-state index contributed by atoms with van der Waals surface area (Å²) in [4.78, 5) is 12.0. The van der Waals surface area contributed by atoms with Crippen LogP contribution >= 0.6 is 23.2 Å². The fourth-order valence-corrected chi connectivity index (χ4v) is 1.99. The Bertz CT molecular complexity index is 600. The molecule has 0 aromatic heterocycles. The monoisotopic (exact) mass is 295 g/mol. The Labute approximate surface area is 120 Å². The van der Waals surface area contributed by atoms with Gasteiger partial charge in [0, 0.05) is 12.6 Å². The van der Waals surface area contributed by atoms with Crippen LogP contribution in [0.3, 0.4) is 0 Å². The molecule has 2 aromatic carbocycles. The van der Waals surface area contributed by atoms with Crippen LogP contribution in [0.25, 0.3) is 0 Å². The van der Waals surface area contributed by atoms with E-state index < -0.39 is 0 Å². The summed E-state index contributed by atoms with van der Waals surface area (Å²) in [5.41, 5.74) is 1.22. The normalized spacial score (nSPS) is 10.2. The first-order valence-corrected chi connectivity index (χ1v) is 6.33. The molecule has 0 unspecified atom stereocenters. The van der Waals surface area contributed by atoms with Gasteiger partial charge in [0.1, 0.15) is 5.75 Å². The van der Waals surface area contributed by atoms with Crippen molar-refractivity contribution >= 4 is 29.1 Å². The van der Waals surface area contributed by atoms with E-state index >= 15 is 0 Å². The molecule has 0 spiro atoms. The number of aromatic hydroxyl groups is 1. The zero-order chi connectivity index (χ0) is 13.8. The SMILES string of the molecule is O=C(NCc1ccccc1)c1cc(Cl)c(O)cc1Cl. The molecule has 0 aliphatic heterocycles. The number of phenolic OH excluding ortho intramolecular Hbond substituents is 1. The lowest BCUT2D eigenvalue weighted by Crippen LogP contribution is -2.23. The zero-order valence-corrected chi connectivity index (χ0v) is 11.4. The van der Waals surface area contributed by atoms with E-state index in [-0.39, 0.29) is 27.3 Å². The number of phenols is 1. The van der Waals surface area contributed by atoms with Crippen molar-refractivity contribution in [2.75, 3.05) is 0 Å². The minimum absolute atomic E-state index is 0.0919. The lowest BCUT2D eigenvalue weighted by molar-refractivity contribution is 0.0951. The Morgan fingerprint density at radius 3 is 2.47 bits per heavy atom. The second-order valence-corrected chi connectivity index (χ2v) is 4.77. The molecule has 0 heterocycles. The summed E-state index contributed by atoms with van der Waals surface area (Å²) in [7, 11) is 0. The Morgan fingerprint density at radius 1 is 1.11 bits per heavy atom. The molecule has 19 heavy (non-hydrogen) atoms.